The smallest absolute Gasteiger partial charge is 0.307 e. The maximum atomic E-state index is 11.6. The first-order chi connectivity index (χ1) is 6.59. The first-order valence-corrected chi connectivity index (χ1v) is 5.12. The Morgan fingerprint density at radius 3 is 2.21 bits per heavy atom. The van der Waals surface area contributed by atoms with Gasteiger partial charge < -0.3 is 10.4 Å². The van der Waals surface area contributed by atoms with E-state index in [1.54, 1.807) is 0 Å². The Hall–Kier alpha value is -1.06. The highest BCUT2D eigenvalue weighted by Crippen LogP contribution is 2.36. The Bertz CT molecular complexity index is 277. The van der Waals surface area contributed by atoms with Crippen molar-refractivity contribution in [1.82, 2.24) is 5.32 Å². The van der Waals surface area contributed by atoms with Crippen LogP contribution in [-0.2, 0) is 9.59 Å². The number of carbonyl (C=O) groups excluding carboxylic acids is 1. The molecular formula is C10H15NO3. The van der Waals surface area contributed by atoms with Crippen LogP contribution in [0.1, 0.15) is 26.2 Å². The predicted molar refractivity (Wildman–Crippen MR) is 49.6 cm³/mol. The van der Waals surface area contributed by atoms with Gasteiger partial charge in [-0.3, -0.25) is 9.59 Å². The number of hydrogen-bond acceptors (Lipinski definition) is 2. The third kappa shape index (κ3) is 1.61. The van der Waals surface area contributed by atoms with E-state index in [1.165, 1.54) is 0 Å². The molecule has 2 N–H and O–H groups in total. The monoisotopic (exact) mass is 197 g/mol. The normalized spacial score (nSPS) is 39.8. The van der Waals surface area contributed by atoms with Gasteiger partial charge in [0, 0.05) is 6.04 Å². The number of carboxylic acid groups (broad SMARTS) is 1. The summed E-state index contributed by atoms with van der Waals surface area (Å²) in [5, 5.41) is 11.7. The standard InChI is InChI=1S/C10H15NO3/c1-5-4-8(5)11-9(12)6-2-3-7(6)10(13)14/h5-8H,2-4H2,1H3,(H,11,12)(H,13,14)/t5?,6-,7+,8?/m1/s1. The second-order valence-corrected chi connectivity index (χ2v) is 4.46. The Kier molecular flexibility index (Phi) is 2.21. The molecule has 2 saturated carbocycles. The van der Waals surface area contributed by atoms with Crippen LogP contribution in [0.5, 0.6) is 0 Å². The van der Waals surface area contributed by atoms with Crippen LogP contribution in [0.2, 0.25) is 0 Å². The summed E-state index contributed by atoms with van der Waals surface area (Å²) in [6.45, 7) is 2.08. The highest BCUT2D eigenvalue weighted by molar-refractivity contribution is 5.86. The summed E-state index contributed by atoms with van der Waals surface area (Å²) in [5.74, 6) is -1.04. The molecular weight excluding hydrogens is 182 g/mol. The van der Waals surface area contributed by atoms with Crippen molar-refractivity contribution in [2.24, 2.45) is 17.8 Å². The zero-order valence-corrected chi connectivity index (χ0v) is 8.19. The number of nitrogens with one attached hydrogen (secondary N) is 1. The number of aliphatic carboxylic acids is 1. The summed E-state index contributed by atoms with van der Waals surface area (Å²) in [5.41, 5.74) is 0. The third-order valence-corrected chi connectivity index (χ3v) is 3.37. The lowest BCUT2D eigenvalue weighted by atomic mass is 9.73. The molecule has 78 valence electrons. The van der Waals surface area contributed by atoms with Gasteiger partial charge in [0.05, 0.1) is 11.8 Å². The summed E-state index contributed by atoms with van der Waals surface area (Å²) in [7, 11) is 0. The molecule has 0 aromatic heterocycles. The molecule has 0 aromatic carbocycles. The van der Waals surface area contributed by atoms with E-state index in [0.29, 0.717) is 18.4 Å². The second kappa shape index (κ2) is 3.26. The van der Waals surface area contributed by atoms with Crippen LogP contribution in [0.25, 0.3) is 0 Å². The Morgan fingerprint density at radius 1 is 1.29 bits per heavy atom. The van der Waals surface area contributed by atoms with E-state index in [2.05, 4.69) is 12.2 Å². The van der Waals surface area contributed by atoms with Crippen molar-refractivity contribution in [2.75, 3.05) is 0 Å². The van der Waals surface area contributed by atoms with Crippen molar-refractivity contribution < 1.29 is 14.7 Å². The highest BCUT2D eigenvalue weighted by Gasteiger charge is 2.44. The fraction of sp³-hybridized carbons (Fsp3) is 0.800. The first kappa shape index (κ1) is 9.49. The molecule has 2 aliphatic rings. The molecule has 2 aliphatic carbocycles. The zero-order chi connectivity index (χ0) is 10.3. The van der Waals surface area contributed by atoms with Crippen LogP contribution in [0.4, 0.5) is 0 Å². The van der Waals surface area contributed by atoms with Crippen molar-refractivity contribution in [1.29, 1.82) is 0 Å². The summed E-state index contributed by atoms with van der Waals surface area (Å²) in [6, 6.07) is 0.303. The molecule has 2 fully saturated rings. The van der Waals surface area contributed by atoms with Crippen LogP contribution in [0, 0.1) is 17.8 Å². The van der Waals surface area contributed by atoms with E-state index in [1.807, 2.05) is 0 Å². The van der Waals surface area contributed by atoms with E-state index in [-0.39, 0.29) is 11.8 Å². The first-order valence-electron chi connectivity index (χ1n) is 5.12. The molecule has 0 aromatic rings. The lowest BCUT2D eigenvalue weighted by Gasteiger charge is -2.31. The number of rotatable bonds is 3. The number of carbonyl (C=O) groups is 2. The van der Waals surface area contributed by atoms with Crippen LogP contribution >= 0.6 is 0 Å². The molecule has 2 unspecified atom stereocenters. The van der Waals surface area contributed by atoms with E-state index in [0.717, 1.165) is 12.8 Å². The Balaban J connectivity index is 1.83. The number of hydrogen-bond donors (Lipinski definition) is 2. The number of carboxylic acids is 1. The Morgan fingerprint density at radius 2 is 1.86 bits per heavy atom. The van der Waals surface area contributed by atoms with Gasteiger partial charge in [-0.1, -0.05) is 6.92 Å². The molecule has 0 aliphatic heterocycles. The fourth-order valence-electron chi connectivity index (χ4n) is 1.92. The lowest BCUT2D eigenvalue weighted by Crippen LogP contribution is -2.44. The molecule has 2 rings (SSSR count). The van der Waals surface area contributed by atoms with Crippen LogP contribution in [-0.4, -0.2) is 23.0 Å². The van der Waals surface area contributed by atoms with Crippen molar-refractivity contribution in [2.45, 2.75) is 32.2 Å². The van der Waals surface area contributed by atoms with Gasteiger partial charge in [-0.15, -0.1) is 0 Å². The average Bonchev–Trinajstić information content (AvgIpc) is 2.61. The van der Waals surface area contributed by atoms with Gasteiger partial charge in [0.15, 0.2) is 0 Å². The fourth-order valence-corrected chi connectivity index (χ4v) is 1.92. The summed E-state index contributed by atoms with van der Waals surface area (Å²) in [6.07, 6.45) is 2.41. The lowest BCUT2D eigenvalue weighted by molar-refractivity contribution is -0.152. The summed E-state index contributed by atoms with van der Waals surface area (Å²) in [4.78, 5) is 22.2. The molecule has 0 spiro atoms. The molecule has 0 saturated heterocycles. The molecule has 4 heteroatoms. The zero-order valence-electron chi connectivity index (χ0n) is 8.19. The van der Waals surface area contributed by atoms with Gasteiger partial charge in [0.25, 0.3) is 0 Å². The minimum absolute atomic E-state index is 0.0574. The van der Waals surface area contributed by atoms with E-state index in [4.69, 9.17) is 5.11 Å². The van der Waals surface area contributed by atoms with Gasteiger partial charge in [-0.25, -0.2) is 0 Å². The largest absolute Gasteiger partial charge is 0.481 e. The SMILES string of the molecule is CC1CC1NC(=O)[C@@H]1CC[C@@H]1C(=O)O. The van der Waals surface area contributed by atoms with Gasteiger partial charge in [-0.2, -0.15) is 0 Å². The second-order valence-electron chi connectivity index (χ2n) is 4.46. The van der Waals surface area contributed by atoms with Gasteiger partial charge in [0.2, 0.25) is 5.91 Å². The molecule has 0 bridgehead atoms. The summed E-state index contributed by atoms with van der Waals surface area (Å²) >= 11 is 0. The third-order valence-electron chi connectivity index (χ3n) is 3.37. The average molecular weight is 197 g/mol. The predicted octanol–water partition coefficient (Wildman–Crippen LogP) is 0.622. The Labute approximate surface area is 82.7 Å². The minimum Gasteiger partial charge on any atom is -0.481 e. The van der Waals surface area contributed by atoms with Crippen LogP contribution in [0.15, 0.2) is 0 Å². The van der Waals surface area contributed by atoms with Crippen molar-refractivity contribution in [3.05, 3.63) is 0 Å². The minimum atomic E-state index is -0.833. The summed E-state index contributed by atoms with van der Waals surface area (Å²) < 4.78 is 0. The van der Waals surface area contributed by atoms with Crippen molar-refractivity contribution in [3.63, 3.8) is 0 Å². The van der Waals surface area contributed by atoms with Crippen LogP contribution < -0.4 is 5.32 Å². The maximum absolute atomic E-state index is 11.6. The topological polar surface area (TPSA) is 66.4 Å². The van der Waals surface area contributed by atoms with Crippen molar-refractivity contribution >= 4 is 11.9 Å². The molecule has 14 heavy (non-hydrogen) atoms. The van der Waals surface area contributed by atoms with Gasteiger partial charge >= 0.3 is 5.97 Å². The van der Waals surface area contributed by atoms with E-state index in [9.17, 15) is 9.59 Å². The van der Waals surface area contributed by atoms with E-state index < -0.39 is 11.9 Å². The molecule has 4 atom stereocenters. The van der Waals surface area contributed by atoms with E-state index >= 15 is 0 Å². The number of amides is 1. The van der Waals surface area contributed by atoms with Crippen molar-refractivity contribution in [3.8, 4) is 0 Å². The molecule has 0 heterocycles. The molecule has 4 nitrogen and oxygen atoms in total. The van der Waals surface area contributed by atoms with Crippen LogP contribution in [0.3, 0.4) is 0 Å². The quantitative estimate of drug-likeness (QED) is 0.697. The molecule has 0 radical (unpaired) electrons. The van der Waals surface area contributed by atoms with Gasteiger partial charge in [0.1, 0.15) is 0 Å². The van der Waals surface area contributed by atoms with Gasteiger partial charge in [-0.05, 0) is 25.2 Å². The maximum Gasteiger partial charge on any atom is 0.307 e. The molecule has 1 amide bonds. The highest BCUT2D eigenvalue weighted by atomic mass is 16.4.